The van der Waals surface area contributed by atoms with E-state index in [1.807, 2.05) is 30.3 Å². The number of nitrogens with zero attached hydrogens (tertiary/aromatic N) is 2. The summed E-state index contributed by atoms with van der Waals surface area (Å²) < 4.78 is 24.5. The average molecular weight is 395 g/mol. The van der Waals surface area contributed by atoms with Crippen LogP contribution in [0.4, 0.5) is 0 Å². The van der Waals surface area contributed by atoms with Gasteiger partial charge in [-0.1, -0.05) is 30.3 Å². The van der Waals surface area contributed by atoms with E-state index >= 15 is 0 Å². The molecular weight excluding hydrogens is 364 g/mol. The quantitative estimate of drug-likeness (QED) is 0.391. The molecule has 1 aromatic rings. The standard InChI is InChI=1S/C19H30N4O3S/c1-21-19(23-11-5-9-17(14-23)13-18(20)24)22-10-6-12-27(25,26)15-16-7-3-2-4-8-16/h2-4,7-8,17H,5-6,9-15H2,1H3,(H2,20,24)(H,21,22). The zero-order valence-electron chi connectivity index (χ0n) is 15.9. The van der Waals surface area contributed by atoms with E-state index in [1.54, 1.807) is 7.05 Å². The summed E-state index contributed by atoms with van der Waals surface area (Å²) in [5, 5.41) is 3.24. The van der Waals surface area contributed by atoms with Crippen molar-refractivity contribution in [1.82, 2.24) is 10.2 Å². The van der Waals surface area contributed by atoms with E-state index in [1.165, 1.54) is 0 Å². The highest BCUT2D eigenvalue weighted by Gasteiger charge is 2.23. The largest absolute Gasteiger partial charge is 0.370 e. The predicted molar refractivity (Wildman–Crippen MR) is 108 cm³/mol. The van der Waals surface area contributed by atoms with Crippen LogP contribution in [0.25, 0.3) is 0 Å². The van der Waals surface area contributed by atoms with E-state index in [0.29, 0.717) is 19.4 Å². The maximum Gasteiger partial charge on any atom is 0.217 e. The first kappa shape index (κ1) is 21.2. The fourth-order valence-corrected chi connectivity index (χ4v) is 4.86. The third-order valence-corrected chi connectivity index (χ3v) is 6.35. The summed E-state index contributed by atoms with van der Waals surface area (Å²) in [4.78, 5) is 17.6. The number of hydrogen-bond acceptors (Lipinski definition) is 4. The fourth-order valence-electron chi connectivity index (χ4n) is 3.43. The number of carbonyl (C=O) groups is 1. The first-order valence-electron chi connectivity index (χ1n) is 9.38. The van der Waals surface area contributed by atoms with E-state index in [2.05, 4.69) is 15.2 Å². The van der Waals surface area contributed by atoms with Crippen molar-refractivity contribution in [2.45, 2.75) is 31.4 Å². The summed E-state index contributed by atoms with van der Waals surface area (Å²) >= 11 is 0. The van der Waals surface area contributed by atoms with Crippen molar-refractivity contribution in [1.29, 1.82) is 0 Å². The van der Waals surface area contributed by atoms with Gasteiger partial charge in [0.15, 0.2) is 15.8 Å². The number of rotatable bonds is 8. The molecule has 1 aliphatic rings. The minimum absolute atomic E-state index is 0.0729. The van der Waals surface area contributed by atoms with Gasteiger partial charge in [-0.25, -0.2) is 8.42 Å². The number of likely N-dealkylation sites (tertiary alicyclic amines) is 1. The summed E-state index contributed by atoms with van der Waals surface area (Å²) in [5.41, 5.74) is 6.13. The van der Waals surface area contributed by atoms with Crippen LogP contribution in [-0.4, -0.2) is 57.6 Å². The maximum absolute atomic E-state index is 12.2. The monoisotopic (exact) mass is 394 g/mol. The molecule has 7 nitrogen and oxygen atoms in total. The van der Waals surface area contributed by atoms with Gasteiger partial charge in [-0.15, -0.1) is 0 Å². The lowest BCUT2D eigenvalue weighted by Crippen LogP contribution is -2.47. The normalized spacial score (nSPS) is 18.3. The van der Waals surface area contributed by atoms with Crippen LogP contribution in [0.3, 0.4) is 0 Å². The lowest BCUT2D eigenvalue weighted by Gasteiger charge is -2.34. The molecule has 1 amide bonds. The Balaban J connectivity index is 1.76. The van der Waals surface area contributed by atoms with Gasteiger partial charge in [0.2, 0.25) is 5.91 Å². The Hall–Kier alpha value is -2.09. The van der Waals surface area contributed by atoms with Crippen LogP contribution in [0.1, 0.15) is 31.2 Å². The van der Waals surface area contributed by atoms with Crippen LogP contribution in [0.2, 0.25) is 0 Å². The molecule has 1 atom stereocenters. The fraction of sp³-hybridized carbons (Fsp3) is 0.579. The lowest BCUT2D eigenvalue weighted by atomic mass is 9.95. The molecule has 27 heavy (non-hydrogen) atoms. The molecular formula is C19H30N4O3S. The van der Waals surface area contributed by atoms with Crippen LogP contribution in [-0.2, 0) is 20.4 Å². The van der Waals surface area contributed by atoms with Gasteiger partial charge in [0.1, 0.15) is 0 Å². The van der Waals surface area contributed by atoms with Crippen molar-refractivity contribution in [2.75, 3.05) is 32.4 Å². The first-order valence-corrected chi connectivity index (χ1v) is 11.2. The summed E-state index contributed by atoms with van der Waals surface area (Å²) in [6, 6.07) is 9.23. The van der Waals surface area contributed by atoms with Gasteiger partial charge in [0, 0.05) is 33.1 Å². The number of nitrogens with two attached hydrogens (primary N) is 1. The van der Waals surface area contributed by atoms with Crippen LogP contribution < -0.4 is 11.1 Å². The Bertz CT molecular complexity index is 735. The number of nitrogens with one attached hydrogen (secondary N) is 1. The second-order valence-corrected chi connectivity index (χ2v) is 9.21. The number of hydrogen-bond donors (Lipinski definition) is 2. The number of sulfone groups is 1. The third kappa shape index (κ3) is 7.58. The summed E-state index contributed by atoms with van der Waals surface area (Å²) in [5.74, 6) is 0.943. The Labute approximate surface area is 162 Å². The molecule has 0 radical (unpaired) electrons. The van der Waals surface area contributed by atoms with Gasteiger partial charge in [0.25, 0.3) is 0 Å². The van der Waals surface area contributed by atoms with Gasteiger partial charge < -0.3 is 16.0 Å². The van der Waals surface area contributed by atoms with Gasteiger partial charge >= 0.3 is 0 Å². The second kappa shape index (κ2) is 10.3. The van der Waals surface area contributed by atoms with E-state index < -0.39 is 9.84 Å². The molecule has 1 fully saturated rings. The van der Waals surface area contributed by atoms with Crippen molar-refractivity contribution in [2.24, 2.45) is 16.6 Å². The molecule has 8 heteroatoms. The highest BCUT2D eigenvalue weighted by molar-refractivity contribution is 7.90. The summed E-state index contributed by atoms with van der Waals surface area (Å²) in [6.07, 6.45) is 2.90. The van der Waals surface area contributed by atoms with Crippen molar-refractivity contribution >= 4 is 21.7 Å². The Kier molecular flexibility index (Phi) is 8.09. The minimum atomic E-state index is -3.13. The highest BCUT2D eigenvalue weighted by Crippen LogP contribution is 2.19. The SMILES string of the molecule is CN=C(NCCCS(=O)(=O)Cc1ccccc1)N1CCCC(CC(N)=O)C1. The topological polar surface area (TPSA) is 105 Å². The van der Waals surface area contributed by atoms with Crippen LogP contribution in [0.5, 0.6) is 0 Å². The maximum atomic E-state index is 12.2. The van der Waals surface area contributed by atoms with Crippen LogP contribution in [0, 0.1) is 5.92 Å². The number of guanidine groups is 1. The molecule has 1 heterocycles. The van der Waals surface area contributed by atoms with Crippen molar-refractivity contribution < 1.29 is 13.2 Å². The Morgan fingerprint density at radius 1 is 1.33 bits per heavy atom. The van der Waals surface area contributed by atoms with E-state index in [4.69, 9.17) is 5.73 Å². The molecule has 3 N–H and O–H groups in total. The number of benzene rings is 1. The molecule has 0 spiro atoms. The second-order valence-electron chi connectivity index (χ2n) is 7.03. The van der Waals surface area contributed by atoms with Gasteiger partial charge in [-0.2, -0.15) is 0 Å². The summed E-state index contributed by atoms with van der Waals surface area (Å²) in [7, 11) is -1.42. The average Bonchev–Trinajstić information content (AvgIpc) is 2.62. The minimum Gasteiger partial charge on any atom is -0.370 e. The molecule has 1 saturated heterocycles. The van der Waals surface area contributed by atoms with Gasteiger partial charge in [0.05, 0.1) is 11.5 Å². The smallest absolute Gasteiger partial charge is 0.217 e. The molecule has 150 valence electrons. The number of aliphatic imine (C=N–C) groups is 1. The molecule has 1 aromatic carbocycles. The number of piperidine rings is 1. The van der Waals surface area contributed by atoms with Crippen molar-refractivity contribution in [3.05, 3.63) is 35.9 Å². The van der Waals surface area contributed by atoms with E-state index in [9.17, 15) is 13.2 Å². The summed E-state index contributed by atoms with van der Waals surface area (Å²) in [6.45, 7) is 2.16. The first-order chi connectivity index (χ1) is 12.9. The van der Waals surface area contributed by atoms with Crippen molar-refractivity contribution in [3.63, 3.8) is 0 Å². The molecule has 0 saturated carbocycles. The molecule has 0 bridgehead atoms. The molecule has 0 aromatic heterocycles. The van der Waals surface area contributed by atoms with E-state index in [-0.39, 0.29) is 23.3 Å². The molecule has 0 aliphatic carbocycles. The molecule has 1 aliphatic heterocycles. The van der Waals surface area contributed by atoms with Crippen LogP contribution in [0.15, 0.2) is 35.3 Å². The van der Waals surface area contributed by atoms with Gasteiger partial charge in [-0.3, -0.25) is 9.79 Å². The highest BCUT2D eigenvalue weighted by atomic mass is 32.2. The van der Waals surface area contributed by atoms with Crippen molar-refractivity contribution in [3.8, 4) is 0 Å². The zero-order valence-corrected chi connectivity index (χ0v) is 16.7. The Morgan fingerprint density at radius 2 is 2.07 bits per heavy atom. The number of carbonyl (C=O) groups excluding carboxylic acids is 1. The predicted octanol–water partition coefficient (Wildman–Crippen LogP) is 1.15. The zero-order chi connectivity index (χ0) is 19.7. The lowest BCUT2D eigenvalue weighted by molar-refractivity contribution is -0.119. The molecule has 1 unspecified atom stereocenters. The van der Waals surface area contributed by atoms with E-state index in [0.717, 1.165) is 37.5 Å². The van der Waals surface area contributed by atoms with Gasteiger partial charge in [-0.05, 0) is 30.7 Å². The number of amides is 1. The van der Waals surface area contributed by atoms with Crippen LogP contribution >= 0.6 is 0 Å². The molecule has 2 rings (SSSR count). The Morgan fingerprint density at radius 3 is 2.74 bits per heavy atom. The number of primary amides is 1. The third-order valence-electron chi connectivity index (χ3n) is 4.66.